The third-order valence-corrected chi connectivity index (χ3v) is 2.86. The van der Waals surface area contributed by atoms with Crippen molar-refractivity contribution in [1.29, 1.82) is 0 Å². The SMILES string of the molecule is C=CCN(Cc1ccc(Br)cc1)C(=O)CCl. The molecule has 0 aliphatic heterocycles. The Balaban J connectivity index is 2.71. The Kier molecular flexibility index (Phi) is 5.56. The summed E-state index contributed by atoms with van der Waals surface area (Å²) in [5, 5.41) is 0. The second-order valence-electron chi connectivity index (χ2n) is 3.32. The molecule has 0 aliphatic carbocycles. The molecule has 0 bridgehead atoms. The monoisotopic (exact) mass is 301 g/mol. The van der Waals surface area contributed by atoms with Crippen molar-refractivity contribution in [3.05, 3.63) is 47.0 Å². The number of amides is 1. The molecule has 1 rings (SSSR count). The summed E-state index contributed by atoms with van der Waals surface area (Å²) in [6.45, 7) is 4.70. The van der Waals surface area contributed by atoms with Gasteiger partial charge in [0.2, 0.25) is 5.91 Å². The first-order chi connectivity index (χ1) is 7.67. The van der Waals surface area contributed by atoms with Gasteiger partial charge in [0.15, 0.2) is 0 Å². The average Bonchev–Trinajstić information content (AvgIpc) is 2.30. The third kappa shape index (κ3) is 3.99. The highest BCUT2D eigenvalue weighted by Gasteiger charge is 2.10. The summed E-state index contributed by atoms with van der Waals surface area (Å²) >= 11 is 8.91. The van der Waals surface area contributed by atoms with Crippen LogP contribution < -0.4 is 0 Å². The number of alkyl halides is 1. The largest absolute Gasteiger partial charge is 0.334 e. The van der Waals surface area contributed by atoms with Gasteiger partial charge in [0.1, 0.15) is 5.88 Å². The number of carbonyl (C=O) groups excluding carboxylic acids is 1. The van der Waals surface area contributed by atoms with E-state index in [0.717, 1.165) is 10.0 Å². The van der Waals surface area contributed by atoms with Crippen LogP contribution in [0.2, 0.25) is 0 Å². The fourth-order valence-electron chi connectivity index (χ4n) is 1.31. The summed E-state index contributed by atoms with van der Waals surface area (Å²) in [4.78, 5) is 13.2. The number of rotatable bonds is 5. The topological polar surface area (TPSA) is 20.3 Å². The predicted octanol–water partition coefficient (Wildman–Crippen LogP) is 3.20. The Labute approximate surface area is 109 Å². The van der Waals surface area contributed by atoms with E-state index in [1.165, 1.54) is 0 Å². The molecule has 0 N–H and O–H groups in total. The van der Waals surface area contributed by atoms with Gasteiger partial charge >= 0.3 is 0 Å². The van der Waals surface area contributed by atoms with Gasteiger partial charge in [-0.15, -0.1) is 18.2 Å². The van der Waals surface area contributed by atoms with Crippen LogP contribution in [0.15, 0.2) is 41.4 Å². The van der Waals surface area contributed by atoms with E-state index >= 15 is 0 Å². The summed E-state index contributed by atoms with van der Waals surface area (Å²) in [6, 6.07) is 7.85. The summed E-state index contributed by atoms with van der Waals surface area (Å²) in [6.07, 6.45) is 1.70. The average molecular weight is 303 g/mol. The zero-order chi connectivity index (χ0) is 12.0. The minimum atomic E-state index is -0.0792. The van der Waals surface area contributed by atoms with E-state index in [0.29, 0.717) is 13.1 Å². The fraction of sp³-hybridized carbons (Fsp3) is 0.250. The molecule has 1 amide bonds. The highest BCUT2D eigenvalue weighted by molar-refractivity contribution is 9.10. The molecule has 1 aromatic carbocycles. The van der Waals surface area contributed by atoms with Gasteiger partial charge in [-0.3, -0.25) is 4.79 Å². The van der Waals surface area contributed by atoms with Crippen molar-refractivity contribution in [2.75, 3.05) is 12.4 Å². The second-order valence-corrected chi connectivity index (χ2v) is 4.51. The van der Waals surface area contributed by atoms with Crippen LogP contribution in [-0.2, 0) is 11.3 Å². The Morgan fingerprint density at radius 2 is 2.06 bits per heavy atom. The molecule has 0 atom stereocenters. The molecule has 0 spiro atoms. The van der Waals surface area contributed by atoms with Gasteiger partial charge in [-0.05, 0) is 17.7 Å². The predicted molar refractivity (Wildman–Crippen MR) is 70.5 cm³/mol. The number of halogens is 2. The van der Waals surface area contributed by atoms with Crippen LogP contribution in [0.5, 0.6) is 0 Å². The summed E-state index contributed by atoms with van der Waals surface area (Å²) in [5.74, 6) is -0.0748. The maximum Gasteiger partial charge on any atom is 0.238 e. The minimum absolute atomic E-state index is 0.00433. The number of carbonyl (C=O) groups is 1. The zero-order valence-electron chi connectivity index (χ0n) is 8.83. The van der Waals surface area contributed by atoms with Crippen molar-refractivity contribution in [1.82, 2.24) is 4.90 Å². The van der Waals surface area contributed by atoms with E-state index in [1.54, 1.807) is 11.0 Å². The molecule has 86 valence electrons. The maximum atomic E-state index is 11.5. The maximum absolute atomic E-state index is 11.5. The Morgan fingerprint density at radius 3 is 2.56 bits per heavy atom. The molecule has 0 saturated carbocycles. The molecule has 0 unspecified atom stereocenters. The van der Waals surface area contributed by atoms with Crippen LogP contribution in [0.3, 0.4) is 0 Å². The van der Waals surface area contributed by atoms with Crippen LogP contribution in [-0.4, -0.2) is 23.2 Å². The van der Waals surface area contributed by atoms with Crippen LogP contribution in [0, 0.1) is 0 Å². The fourth-order valence-corrected chi connectivity index (χ4v) is 1.74. The number of hydrogen-bond donors (Lipinski definition) is 0. The molecule has 0 radical (unpaired) electrons. The van der Waals surface area contributed by atoms with Crippen molar-refractivity contribution in [3.63, 3.8) is 0 Å². The van der Waals surface area contributed by atoms with Gasteiger partial charge in [0, 0.05) is 17.6 Å². The lowest BCUT2D eigenvalue weighted by molar-refractivity contribution is -0.128. The van der Waals surface area contributed by atoms with Crippen LogP contribution in [0.25, 0.3) is 0 Å². The van der Waals surface area contributed by atoms with Crippen molar-refractivity contribution in [2.45, 2.75) is 6.54 Å². The molecule has 16 heavy (non-hydrogen) atoms. The van der Waals surface area contributed by atoms with Crippen molar-refractivity contribution in [2.24, 2.45) is 0 Å². The van der Waals surface area contributed by atoms with E-state index < -0.39 is 0 Å². The summed E-state index contributed by atoms with van der Waals surface area (Å²) in [5.41, 5.74) is 1.07. The van der Waals surface area contributed by atoms with Gasteiger partial charge in [0.05, 0.1) is 0 Å². The van der Waals surface area contributed by atoms with E-state index in [2.05, 4.69) is 22.5 Å². The molecule has 0 aliphatic rings. The quantitative estimate of drug-likeness (QED) is 0.604. The standard InChI is InChI=1S/C12H13BrClNO/c1-2-7-15(12(16)8-14)9-10-3-5-11(13)6-4-10/h2-6H,1,7-9H2. The highest BCUT2D eigenvalue weighted by atomic mass is 79.9. The van der Waals surface area contributed by atoms with E-state index in [-0.39, 0.29) is 11.8 Å². The molecule has 0 saturated heterocycles. The first kappa shape index (κ1) is 13.3. The smallest absolute Gasteiger partial charge is 0.238 e. The van der Waals surface area contributed by atoms with Gasteiger partial charge in [-0.2, -0.15) is 0 Å². The van der Waals surface area contributed by atoms with E-state index in [4.69, 9.17) is 11.6 Å². The second kappa shape index (κ2) is 6.71. The van der Waals surface area contributed by atoms with Crippen LogP contribution in [0.1, 0.15) is 5.56 Å². The van der Waals surface area contributed by atoms with Crippen molar-refractivity contribution < 1.29 is 4.79 Å². The minimum Gasteiger partial charge on any atom is -0.334 e. The zero-order valence-corrected chi connectivity index (χ0v) is 11.2. The lowest BCUT2D eigenvalue weighted by Gasteiger charge is -2.20. The molecular formula is C12H13BrClNO. The van der Waals surface area contributed by atoms with Gasteiger partial charge in [-0.25, -0.2) is 0 Å². The summed E-state index contributed by atoms with van der Waals surface area (Å²) < 4.78 is 1.02. The number of hydrogen-bond acceptors (Lipinski definition) is 1. The summed E-state index contributed by atoms with van der Waals surface area (Å²) in [7, 11) is 0. The Hall–Kier alpha value is -0.800. The normalized spacial score (nSPS) is 9.88. The molecule has 0 aromatic heterocycles. The first-order valence-electron chi connectivity index (χ1n) is 4.86. The molecule has 4 heteroatoms. The molecule has 0 heterocycles. The molecular weight excluding hydrogens is 289 g/mol. The van der Waals surface area contributed by atoms with Gasteiger partial charge in [-0.1, -0.05) is 34.1 Å². The molecule has 0 fully saturated rings. The molecule has 2 nitrogen and oxygen atoms in total. The Bertz CT molecular complexity index is 364. The van der Waals surface area contributed by atoms with E-state index in [9.17, 15) is 4.79 Å². The van der Waals surface area contributed by atoms with Gasteiger partial charge < -0.3 is 4.90 Å². The Morgan fingerprint density at radius 1 is 1.44 bits per heavy atom. The van der Waals surface area contributed by atoms with Crippen molar-refractivity contribution in [3.8, 4) is 0 Å². The number of nitrogens with zero attached hydrogens (tertiary/aromatic N) is 1. The highest BCUT2D eigenvalue weighted by Crippen LogP contribution is 2.12. The van der Waals surface area contributed by atoms with Crippen LogP contribution >= 0.6 is 27.5 Å². The van der Waals surface area contributed by atoms with Crippen LogP contribution in [0.4, 0.5) is 0 Å². The third-order valence-electron chi connectivity index (χ3n) is 2.10. The lowest BCUT2D eigenvalue weighted by Crippen LogP contribution is -2.31. The lowest BCUT2D eigenvalue weighted by atomic mass is 10.2. The molecule has 1 aromatic rings. The van der Waals surface area contributed by atoms with Gasteiger partial charge in [0.25, 0.3) is 0 Å². The van der Waals surface area contributed by atoms with E-state index in [1.807, 2.05) is 24.3 Å². The first-order valence-corrected chi connectivity index (χ1v) is 6.19. The number of benzene rings is 1. The van der Waals surface area contributed by atoms with Crippen molar-refractivity contribution >= 4 is 33.4 Å².